The quantitative estimate of drug-likeness (QED) is 0.270. The normalized spacial score (nSPS) is 10.7. The topological polar surface area (TPSA) is 43.4 Å². The van der Waals surface area contributed by atoms with Gasteiger partial charge in [-0.2, -0.15) is 0 Å². The van der Waals surface area contributed by atoms with Gasteiger partial charge in [0, 0.05) is 5.56 Å². The molecule has 27 heavy (non-hydrogen) atoms. The summed E-state index contributed by atoms with van der Waals surface area (Å²) in [5.74, 6) is -0.601. The van der Waals surface area contributed by atoms with E-state index in [-0.39, 0.29) is 11.6 Å². The molecule has 0 aliphatic carbocycles. The molecule has 3 aromatic rings. The molecule has 0 aliphatic rings. The zero-order chi connectivity index (χ0) is 19.2. The van der Waals surface area contributed by atoms with Crippen LogP contribution in [0.2, 0.25) is 0 Å². The fourth-order valence-electron chi connectivity index (χ4n) is 2.49. The van der Waals surface area contributed by atoms with Gasteiger partial charge in [-0.1, -0.05) is 36.4 Å². The van der Waals surface area contributed by atoms with E-state index in [1.165, 1.54) is 18.2 Å². The zero-order valence-electron chi connectivity index (χ0n) is 14.7. The predicted octanol–water partition coefficient (Wildman–Crippen LogP) is 5.25. The number of ether oxygens (including phenoxy) is 1. The first-order valence-electron chi connectivity index (χ1n) is 8.39. The Morgan fingerprint density at radius 1 is 0.889 bits per heavy atom. The molecule has 134 valence electrons. The van der Waals surface area contributed by atoms with Crippen LogP contribution in [-0.2, 0) is 0 Å². The highest BCUT2D eigenvalue weighted by molar-refractivity contribution is 6.06. The minimum Gasteiger partial charge on any atom is -0.423 e. The van der Waals surface area contributed by atoms with Gasteiger partial charge in [-0.3, -0.25) is 4.79 Å². The third kappa shape index (κ3) is 4.76. The summed E-state index contributed by atoms with van der Waals surface area (Å²) in [6.07, 6.45) is 3.04. The van der Waals surface area contributed by atoms with E-state index >= 15 is 0 Å². The Balaban J connectivity index is 1.66. The average Bonchev–Trinajstić information content (AvgIpc) is 2.68. The fourth-order valence-corrected chi connectivity index (χ4v) is 2.49. The van der Waals surface area contributed by atoms with Gasteiger partial charge in [0.15, 0.2) is 5.78 Å². The SMILES string of the molecule is Cc1ccccc1C(=O)Oc1ccc(C(=O)/C=C/c2ccc(F)cc2)cc1. The van der Waals surface area contributed by atoms with Crippen molar-refractivity contribution in [2.75, 3.05) is 0 Å². The van der Waals surface area contributed by atoms with E-state index in [9.17, 15) is 14.0 Å². The minimum absolute atomic E-state index is 0.198. The number of benzene rings is 3. The van der Waals surface area contributed by atoms with Gasteiger partial charge in [0.25, 0.3) is 0 Å². The highest BCUT2D eigenvalue weighted by Crippen LogP contribution is 2.17. The Hall–Kier alpha value is -3.53. The Morgan fingerprint density at radius 3 is 2.22 bits per heavy atom. The number of hydrogen-bond acceptors (Lipinski definition) is 3. The van der Waals surface area contributed by atoms with E-state index in [1.807, 2.05) is 19.1 Å². The molecule has 0 fully saturated rings. The number of esters is 1. The lowest BCUT2D eigenvalue weighted by Crippen LogP contribution is -2.10. The summed E-state index contributed by atoms with van der Waals surface area (Å²) in [7, 11) is 0. The third-order valence-electron chi connectivity index (χ3n) is 4.01. The lowest BCUT2D eigenvalue weighted by Gasteiger charge is -2.07. The van der Waals surface area contributed by atoms with Crippen molar-refractivity contribution in [1.82, 2.24) is 0 Å². The van der Waals surface area contributed by atoms with Crippen molar-refractivity contribution in [1.29, 1.82) is 0 Å². The lowest BCUT2D eigenvalue weighted by atomic mass is 10.1. The zero-order valence-corrected chi connectivity index (χ0v) is 14.7. The summed E-state index contributed by atoms with van der Waals surface area (Å²) in [4.78, 5) is 24.4. The summed E-state index contributed by atoms with van der Waals surface area (Å²) < 4.78 is 18.2. The Bertz CT molecular complexity index is 987. The molecule has 0 aromatic heterocycles. The number of rotatable bonds is 5. The molecule has 3 nitrogen and oxygen atoms in total. The van der Waals surface area contributed by atoms with Crippen molar-refractivity contribution in [2.24, 2.45) is 0 Å². The second-order valence-electron chi connectivity index (χ2n) is 5.98. The summed E-state index contributed by atoms with van der Waals surface area (Å²) >= 11 is 0. The van der Waals surface area contributed by atoms with Crippen LogP contribution in [0.5, 0.6) is 5.75 Å². The van der Waals surface area contributed by atoms with E-state index in [2.05, 4.69) is 0 Å². The van der Waals surface area contributed by atoms with Crippen LogP contribution >= 0.6 is 0 Å². The van der Waals surface area contributed by atoms with Gasteiger partial charge >= 0.3 is 5.97 Å². The summed E-state index contributed by atoms with van der Waals surface area (Å²) in [6.45, 7) is 1.84. The number of carbonyl (C=O) groups is 2. The number of carbonyl (C=O) groups excluding carboxylic acids is 2. The summed E-state index contributed by atoms with van der Waals surface area (Å²) in [6, 6.07) is 19.4. The number of hydrogen-bond donors (Lipinski definition) is 0. The van der Waals surface area contributed by atoms with Gasteiger partial charge in [-0.25, -0.2) is 9.18 Å². The number of aryl methyl sites for hydroxylation is 1. The molecule has 0 radical (unpaired) electrons. The molecule has 0 amide bonds. The number of halogens is 1. The van der Waals surface area contributed by atoms with Crippen LogP contribution < -0.4 is 4.74 Å². The maximum atomic E-state index is 12.9. The first kappa shape index (κ1) is 18.3. The monoisotopic (exact) mass is 360 g/mol. The van der Waals surface area contributed by atoms with Crippen molar-refractivity contribution in [3.05, 3.63) is 107 Å². The maximum Gasteiger partial charge on any atom is 0.343 e. The predicted molar refractivity (Wildman–Crippen MR) is 102 cm³/mol. The van der Waals surface area contributed by atoms with Crippen molar-refractivity contribution in [3.63, 3.8) is 0 Å². The van der Waals surface area contributed by atoms with Crippen molar-refractivity contribution in [3.8, 4) is 5.75 Å². The molecule has 0 unspecified atom stereocenters. The van der Waals surface area contributed by atoms with E-state index in [0.29, 0.717) is 16.9 Å². The Kier molecular flexibility index (Phi) is 5.57. The molecule has 3 aromatic carbocycles. The third-order valence-corrected chi connectivity index (χ3v) is 4.01. The largest absolute Gasteiger partial charge is 0.423 e. The van der Waals surface area contributed by atoms with Crippen LogP contribution in [0.15, 0.2) is 78.9 Å². The minimum atomic E-state index is -0.441. The van der Waals surface area contributed by atoms with Crippen LogP contribution in [0.3, 0.4) is 0 Å². The van der Waals surface area contributed by atoms with Crippen molar-refractivity contribution in [2.45, 2.75) is 6.92 Å². The van der Waals surface area contributed by atoms with Crippen LogP contribution in [-0.4, -0.2) is 11.8 Å². The lowest BCUT2D eigenvalue weighted by molar-refractivity contribution is 0.0734. The van der Waals surface area contributed by atoms with Gasteiger partial charge in [-0.05, 0) is 66.6 Å². The van der Waals surface area contributed by atoms with Crippen LogP contribution in [0.1, 0.15) is 31.8 Å². The van der Waals surface area contributed by atoms with E-state index < -0.39 is 5.97 Å². The second-order valence-corrected chi connectivity index (χ2v) is 5.98. The molecule has 0 aliphatic heterocycles. The molecule has 0 saturated heterocycles. The highest BCUT2D eigenvalue weighted by atomic mass is 19.1. The van der Waals surface area contributed by atoms with Gasteiger partial charge in [0.1, 0.15) is 11.6 Å². The first-order valence-corrected chi connectivity index (χ1v) is 8.39. The number of ketones is 1. The molecule has 0 spiro atoms. The molecule has 0 atom stereocenters. The maximum absolute atomic E-state index is 12.9. The molecular weight excluding hydrogens is 343 g/mol. The van der Waals surface area contributed by atoms with Crippen LogP contribution in [0, 0.1) is 12.7 Å². The van der Waals surface area contributed by atoms with E-state index in [4.69, 9.17) is 4.74 Å². The molecule has 0 heterocycles. The highest BCUT2D eigenvalue weighted by Gasteiger charge is 2.11. The van der Waals surface area contributed by atoms with E-state index in [0.717, 1.165) is 11.1 Å². The first-order chi connectivity index (χ1) is 13.0. The summed E-state index contributed by atoms with van der Waals surface area (Å²) in [5.41, 5.74) is 2.53. The van der Waals surface area contributed by atoms with Crippen molar-refractivity contribution < 1.29 is 18.7 Å². The van der Waals surface area contributed by atoms with E-state index in [1.54, 1.807) is 54.6 Å². The molecule has 0 bridgehead atoms. The molecule has 0 saturated carbocycles. The van der Waals surface area contributed by atoms with Crippen LogP contribution in [0.25, 0.3) is 6.08 Å². The standard InChI is InChI=1S/C23H17FO3/c1-16-4-2-3-5-21(16)23(26)27-20-13-9-18(10-14-20)22(25)15-8-17-6-11-19(24)12-7-17/h2-15H,1H3/b15-8+. The molecule has 0 N–H and O–H groups in total. The second kappa shape index (κ2) is 8.23. The number of allylic oxidation sites excluding steroid dienone is 1. The molecular formula is C23H17FO3. The Labute approximate surface area is 156 Å². The van der Waals surface area contributed by atoms with Gasteiger partial charge < -0.3 is 4.74 Å². The smallest absolute Gasteiger partial charge is 0.343 e. The fraction of sp³-hybridized carbons (Fsp3) is 0.0435. The van der Waals surface area contributed by atoms with Crippen LogP contribution in [0.4, 0.5) is 4.39 Å². The van der Waals surface area contributed by atoms with Gasteiger partial charge in [-0.15, -0.1) is 0 Å². The van der Waals surface area contributed by atoms with Crippen molar-refractivity contribution >= 4 is 17.8 Å². The van der Waals surface area contributed by atoms with Gasteiger partial charge in [0.2, 0.25) is 0 Å². The van der Waals surface area contributed by atoms with Gasteiger partial charge in [0.05, 0.1) is 5.56 Å². The average molecular weight is 360 g/mol. The molecule has 4 heteroatoms. The summed E-state index contributed by atoms with van der Waals surface area (Å²) in [5, 5.41) is 0. The molecule has 3 rings (SSSR count). The Morgan fingerprint density at radius 2 is 1.56 bits per heavy atom.